The van der Waals surface area contributed by atoms with E-state index in [1.165, 1.54) is 18.3 Å². The maximum absolute atomic E-state index is 12.0. The predicted octanol–water partition coefficient (Wildman–Crippen LogP) is -0.740. The summed E-state index contributed by atoms with van der Waals surface area (Å²) in [6.45, 7) is 0.0942. The van der Waals surface area contributed by atoms with E-state index in [4.69, 9.17) is 23.7 Å². The third kappa shape index (κ3) is 4.54. The lowest BCUT2D eigenvalue weighted by Crippen LogP contribution is -2.28. The van der Waals surface area contributed by atoms with Crippen LogP contribution in [-0.4, -0.2) is 30.8 Å². The van der Waals surface area contributed by atoms with E-state index >= 15 is 0 Å². The quantitative estimate of drug-likeness (QED) is 0.449. The molecule has 0 atom stereocenters. The summed E-state index contributed by atoms with van der Waals surface area (Å²) in [5.74, 6) is -0.482. The molecule has 0 aliphatic rings. The fourth-order valence-electron chi connectivity index (χ4n) is 1.34. The first kappa shape index (κ1) is 15.5. The molecular formula is C10H14N4O3S2. The number of pyridine rings is 1. The maximum atomic E-state index is 12.0. The van der Waals surface area contributed by atoms with E-state index in [0.29, 0.717) is 6.42 Å². The number of amides is 1. The third-order valence-corrected chi connectivity index (χ3v) is 3.87. The molecule has 0 radical (unpaired) electrons. The lowest BCUT2D eigenvalue weighted by atomic mass is 10.3. The number of rotatable bonds is 7. The number of sulfonamides is 1. The number of hydrogen-bond acceptors (Lipinski definition) is 5. The standard InChI is InChI=1S/C10H14N4O3S2/c11-8(15)4-2-6-14-19(16,17)7-3-1-5-13-9(7)10(12)18/h1,3,5,14H,2,4,6H2,(H2,11,15)(H2,12,18). The van der Waals surface area contributed by atoms with Crippen LogP contribution in [0, 0.1) is 0 Å². The largest absolute Gasteiger partial charge is 0.388 e. The smallest absolute Gasteiger partial charge is 0.242 e. The molecule has 5 N–H and O–H groups in total. The van der Waals surface area contributed by atoms with Gasteiger partial charge in [-0.15, -0.1) is 0 Å². The molecule has 0 aliphatic heterocycles. The van der Waals surface area contributed by atoms with Gasteiger partial charge in [0.1, 0.15) is 15.6 Å². The molecule has 0 spiro atoms. The minimum atomic E-state index is -3.77. The van der Waals surface area contributed by atoms with Crippen molar-refractivity contribution in [2.45, 2.75) is 17.7 Å². The molecule has 7 nitrogen and oxygen atoms in total. The monoisotopic (exact) mass is 302 g/mol. The molecule has 1 heterocycles. The zero-order valence-electron chi connectivity index (χ0n) is 10.00. The number of hydrogen-bond donors (Lipinski definition) is 3. The number of carbonyl (C=O) groups excluding carboxylic acids is 1. The Labute approximate surface area is 116 Å². The topological polar surface area (TPSA) is 128 Å². The van der Waals surface area contributed by atoms with Crippen LogP contribution in [0.5, 0.6) is 0 Å². The molecule has 104 valence electrons. The second-order valence-electron chi connectivity index (χ2n) is 3.68. The number of primary amides is 1. The summed E-state index contributed by atoms with van der Waals surface area (Å²) in [6.07, 6.45) is 1.83. The van der Waals surface area contributed by atoms with Crippen LogP contribution < -0.4 is 16.2 Å². The zero-order valence-corrected chi connectivity index (χ0v) is 11.6. The van der Waals surface area contributed by atoms with Crippen LogP contribution in [-0.2, 0) is 14.8 Å². The zero-order chi connectivity index (χ0) is 14.5. The molecule has 0 bridgehead atoms. The lowest BCUT2D eigenvalue weighted by Gasteiger charge is -2.09. The van der Waals surface area contributed by atoms with Gasteiger partial charge in [-0.2, -0.15) is 0 Å². The summed E-state index contributed by atoms with van der Waals surface area (Å²) in [6, 6.07) is 2.83. The Morgan fingerprint density at radius 2 is 2.11 bits per heavy atom. The number of thiocarbonyl (C=S) groups is 1. The molecule has 1 amide bonds. The molecule has 0 fully saturated rings. The molecule has 1 aromatic rings. The molecule has 0 aliphatic carbocycles. The van der Waals surface area contributed by atoms with Gasteiger partial charge >= 0.3 is 0 Å². The molecular weight excluding hydrogens is 288 g/mol. The van der Waals surface area contributed by atoms with Crippen molar-refractivity contribution in [3.05, 3.63) is 24.0 Å². The van der Waals surface area contributed by atoms with Crippen molar-refractivity contribution in [2.75, 3.05) is 6.54 Å². The average molecular weight is 302 g/mol. The molecule has 19 heavy (non-hydrogen) atoms. The van der Waals surface area contributed by atoms with E-state index in [1.54, 1.807) is 0 Å². The van der Waals surface area contributed by atoms with Gasteiger partial charge in [0.15, 0.2) is 0 Å². The van der Waals surface area contributed by atoms with Crippen LogP contribution >= 0.6 is 12.2 Å². The van der Waals surface area contributed by atoms with E-state index in [9.17, 15) is 13.2 Å². The van der Waals surface area contributed by atoms with Gasteiger partial charge in [0.05, 0.1) is 0 Å². The van der Waals surface area contributed by atoms with E-state index in [1.807, 2.05) is 0 Å². The highest BCUT2D eigenvalue weighted by Crippen LogP contribution is 2.12. The maximum Gasteiger partial charge on any atom is 0.242 e. The Kier molecular flexibility index (Phi) is 5.33. The number of nitrogens with zero attached hydrogens (tertiary/aromatic N) is 1. The van der Waals surface area contributed by atoms with Gasteiger partial charge in [-0.05, 0) is 18.6 Å². The number of carbonyl (C=O) groups is 1. The first-order valence-corrected chi connectivity index (χ1v) is 7.26. The van der Waals surface area contributed by atoms with Crippen molar-refractivity contribution >= 4 is 33.1 Å². The van der Waals surface area contributed by atoms with Gasteiger partial charge in [-0.1, -0.05) is 12.2 Å². The second kappa shape index (κ2) is 6.55. The van der Waals surface area contributed by atoms with Gasteiger partial charge in [-0.25, -0.2) is 13.1 Å². The van der Waals surface area contributed by atoms with E-state index in [-0.39, 0.29) is 28.5 Å². The molecule has 0 aromatic carbocycles. The van der Waals surface area contributed by atoms with Crippen LogP contribution in [0.2, 0.25) is 0 Å². The second-order valence-corrected chi connectivity index (χ2v) is 5.86. The molecule has 1 aromatic heterocycles. The number of nitrogens with two attached hydrogens (primary N) is 2. The summed E-state index contributed by atoms with van der Waals surface area (Å²) >= 11 is 4.75. The fraction of sp³-hybridized carbons (Fsp3) is 0.300. The van der Waals surface area contributed by atoms with Crippen LogP contribution in [0.3, 0.4) is 0 Å². The van der Waals surface area contributed by atoms with E-state index in [2.05, 4.69) is 9.71 Å². The van der Waals surface area contributed by atoms with Crippen LogP contribution in [0.15, 0.2) is 23.2 Å². The minimum absolute atomic E-state index is 0.0416. The fourth-order valence-corrected chi connectivity index (χ4v) is 2.81. The minimum Gasteiger partial charge on any atom is -0.388 e. The molecule has 0 saturated carbocycles. The molecule has 0 unspecified atom stereocenters. The summed E-state index contributed by atoms with van der Waals surface area (Å²) in [4.78, 5) is 14.2. The lowest BCUT2D eigenvalue weighted by molar-refractivity contribution is -0.118. The Bertz CT molecular complexity index is 586. The van der Waals surface area contributed by atoms with Crippen molar-refractivity contribution in [3.63, 3.8) is 0 Å². The normalized spacial score (nSPS) is 11.2. The van der Waals surface area contributed by atoms with Crippen LogP contribution in [0.25, 0.3) is 0 Å². The summed E-state index contributed by atoms with van der Waals surface area (Å²) in [7, 11) is -3.77. The van der Waals surface area contributed by atoms with E-state index < -0.39 is 15.9 Å². The SMILES string of the molecule is NC(=O)CCCNS(=O)(=O)c1cccnc1C(N)=S. The summed E-state index contributed by atoms with van der Waals surface area (Å²) in [5, 5.41) is 0. The molecule has 1 rings (SSSR count). The van der Waals surface area contributed by atoms with Gasteiger partial charge < -0.3 is 11.5 Å². The number of nitrogens with one attached hydrogen (secondary N) is 1. The van der Waals surface area contributed by atoms with Crippen LogP contribution in [0.1, 0.15) is 18.5 Å². The number of aromatic nitrogens is 1. The highest BCUT2D eigenvalue weighted by atomic mass is 32.2. The van der Waals surface area contributed by atoms with Gasteiger partial charge in [-0.3, -0.25) is 9.78 Å². The van der Waals surface area contributed by atoms with Crippen molar-refractivity contribution in [3.8, 4) is 0 Å². The summed E-state index contributed by atoms with van der Waals surface area (Å²) in [5.41, 5.74) is 10.4. The van der Waals surface area contributed by atoms with E-state index in [0.717, 1.165) is 0 Å². The van der Waals surface area contributed by atoms with Crippen molar-refractivity contribution < 1.29 is 13.2 Å². The van der Waals surface area contributed by atoms with Gasteiger partial charge in [0, 0.05) is 19.2 Å². The van der Waals surface area contributed by atoms with Crippen molar-refractivity contribution in [1.29, 1.82) is 0 Å². The Hall–Kier alpha value is -1.58. The Balaban J connectivity index is 2.83. The predicted molar refractivity (Wildman–Crippen MR) is 73.7 cm³/mol. The highest BCUT2D eigenvalue weighted by molar-refractivity contribution is 7.89. The summed E-state index contributed by atoms with van der Waals surface area (Å²) < 4.78 is 26.4. The van der Waals surface area contributed by atoms with Gasteiger partial charge in [0.2, 0.25) is 15.9 Å². The van der Waals surface area contributed by atoms with Crippen molar-refractivity contribution in [2.24, 2.45) is 11.5 Å². The average Bonchev–Trinajstić information content (AvgIpc) is 2.34. The Morgan fingerprint density at radius 3 is 2.68 bits per heavy atom. The first-order chi connectivity index (χ1) is 8.84. The van der Waals surface area contributed by atoms with Crippen molar-refractivity contribution in [1.82, 2.24) is 9.71 Å². The first-order valence-electron chi connectivity index (χ1n) is 5.37. The van der Waals surface area contributed by atoms with Gasteiger partial charge in [0.25, 0.3) is 0 Å². The third-order valence-electron chi connectivity index (χ3n) is 2.19. The molecule has 9 heteroatoms. The molecule has 0 saturated heterocycles. The Morgan fingerprint density at radius 1 is 1.42 bits per heavy atom. The highest BCUT2D eigenvalue weighted by Gasteiger charge is 2.19. The van der Waals surface area contributed by atoms with Crippen LogP contribution in [0.4, 0.5) is 0 Å².